The fourth-order valence-corrected chi connectivity index (χ4v) is 2.22. The van der Waals surface area contributed by atoms with Gasteiger partial charge in [-0.25, -0.2) is 9.97 Å². The van der Waals surface area contributed by atoms with Gasteiger partial charge in [-0.05, 0) is 18.9 Å². The van der Waals surface area contributed by atoms with E-state index in [2.05, 4.69) is 19.5 Å². The summed E-state index contributed by atoms with van der Waals surface area (Å²) in [5, 5.41) is 0. The molecule has 0 radical (unpaired) electrons. The van der Waals surface area contributed by atoms with Crippen LogP contribution in [0, 0.1) is 0 Å². The van der Waals surface area contributed by atoms with Crippen molar-refractivity contribution in [1.29, 1.82) is 0 Å². The molecule has 0 aromatic carbocycles. The van der Waals surface area contributed by atoms with Crippen molar-refractivity contribution in [1.82, 2.24) is 24.1 Å². The molecule has 98 valence electrons. The molecule has 19 heavy (non-hydrogen) atoms. The molecule has 0 aliphatic rings. The maximum atomic E-state index is 5.94. The number of imidazole rings is 2. The van der Waals surface area contributed by atoms with Crippen LogP contribution in [-0.4, -0.2) is 24.1 Å². The topological polar surface area (TPSA) is 74.5 Å². The van der Waals surface area contributed by atoms with Crippen LogP contribution in [-0.2, 0) is 13.1 Å². The van der Waals surface area contributed by atoms with E-state index < -0.39 is 0 Å². The number of pyridine rings is 1. The summed E-state index contributed by atoms with van der Waals surface area (Å²) in [5.74, 6) is 0.561. The number of nitrogens with zero attached hydrogens (tertiary/aromatic N) is 5. The molecule has 0 amide bonds. The lowest BCUT2D eigenvalue weighted by Crippen LogP contribution is -2.04. The van der Waals surface area contributed by atoms with Crippen molar-refractivity contribution in [2.24, 2.45) is 0 Å². The Balaban J connectivity index is 1.63. The van der Waals surface area contributed by atoms with Crippen LogP contribution < -0.4 is 5.73 Å². The largest absolute Gasteiger partial charge is 0.369 e. The second-order valence-electron chi connectivity index (χ2n) is 4.49. The molecule has 3 rings (SSSR count). The number of nitrogen functional groups attached to an aromatic ring is 1. The van der Waals surface area contributed by atoms with Crippen molar-refractivity contribution in [2.75, 3.05) is 5.73 Å². The third-order valence-corrected chi connectivity index (χ3v) is 3.19. The monoisotopic (exact) mass is 256 g/mol. The highest BCUT2D eigenvalue weighted by Gasteiger charge is 2.06. The summed E-state index contributed by atoms with van der Waals surface area (Å²) in [6.07, 6.45) is 11.3. The number of hydrogen-bond donors (Lipinski definition) is 1. The maximum Gasteiger partial charge on any atom is 0.201 e. The second-order valence-corrected chi connectivity index (χ2v) is 4.49. The maximum absolute atomic E-state index is 5.94. The minimum absolute atomic E-state index is 0.561. The Morgan fingerprint density at radius 3 is 2.84 bits per heavy atom. The van der Waals surface area contributed by atoms with Gasteiger partial charge in [0.05, 0.1) is 18.0 Å². The van der Waals surface area contributed by atoms with Gasteiger partial charge in [0, 0.05) is 31.7 Å². The number of anilines is 1. The van der Waals surface area contributed by atoms with Crippen molar-refractivity contribution < 1.29 is 0 Å². The molecule has 0 bridgehead atoms. The Morgan fingerprint density at radius 1 is 1.11 bits per heavy atom. The van der Waals surface area contributed by atoms with E-state index in [1.165, 1.54) is 0 Å². The Hall–Kier alpha value is -2.37. The number of aromatic nitrogens is 5. The fourth-order valence-electron chi connectivity index (χ4n) is 2.22. The summed E-state index contributed by atoms with van der Waals surface area (Å²) in [7, 11) is 0. The van der Waals surface area contributed by atoms with E-state index in [-0.39, 0.29) is 0 Å². The molecular formula is C13H16N6. The van der Waals surface area contributed by atoms with E-state index in [4.69, 9.17) is 5.73 Å². The third-order valence-electron chi connectivity index (χ3n) is 3.19. The van der Waals surface area contributed by atoms with Crippen LogP contribution in [0.2, 0.25) is 0 Å². The van der Waals surface area contributed by atoms with Gasteiger partial charge in [0.25, 0.3) is 0 Å². The zero-order valence-corrected chi connectivity index (χ0v) is 10.6. The minimum atomic E-state index is 0.561. The molecule has 0 atom stereocenters. The molecule has 3 aromatic heterocycles. The molecular weight excluding hydrogens is 240 g/mol. The summed E-state index contributed by atoms with van der Waals surface area (Å²) in [6, 6.07) is 1.95. The Bertz CT molecular complexity index is 655. The molecule has 0 fully saturated rings. The summed E-state index contributed by atoms with van der Waals surface area (Å²) in [5.41, 5.74) is 7.85. The molecule has 0 aliphatic carbocycles. The molecule has 0 spiro atoms. The summed E-state index contributed by atoms with van der Waals surface area (Å²) in [6.45, 7) is 1.86. The van der Waals surface area contributed by atoms with Gasteiger partial charge in [-0.3, -0.25) is 4.98 Å². The normalized spacial score (nSPS) is 11.2. The highest BCUT2D eigenvalue weighted by atomic mass is 15.2. The average molecular weight is 256 g/mol. The first-order chi connectivity index (χ1) is 9.34. The van der Waals surface area contributed by atoms with E-state index in [1.54, 1.807) is 18.6 Å². The number of aryl methyl sites for hydroxylation is 2. The van der Waals surface area contributed by atoms with Crippen LogP contribution in [0.4, 0.5) is 5.95 Å². The van der Waals surface area contributed by atoms with E-state index in [1.807, 2.05) is 23.2 Å². The zero-order chi connectivity index (χ0) is 13.1. The van der Waals surface area contributed by atoms with Crippen LogP contribution in [0.15, 0.2) is 37.2 Å². The molecule has 0 saturated carbocycles. The number of nitrogens with two attached hydrogens (primary N) is 1. The Kier molecular flexibility index (Phi) is 3.14. The molecule has 6 nitrogen and oxygen atoms in total. The lowest BCUT2D eigenvalue weighted by atomic mass is 10.3. The zero-order valence-electron chi connectivity index (χ0n) is 10.6. The first-order valence-electron chi connectivity index (χ1n) is 6.36. The van der Waals surface area contributed by atoms with E-state index in [0.717, 1.165) is 37.0 Å². The smallest absolute Gasteiger partial charge is 0.201 e. The summed E-state index contributed by atoms with van der Waals surface area (Å²) in [4.78, 5) is 12.4. The minimum Gasteiger partial charge on any atom is -0.369 e. The SMILES string of the molecule is Nc1nc2cnccc2n1CCCCn1ccnc1. The van der Waals surface area contributed by atoms with Crippen molar-refractivity contribution >= 4 is 17.0 Å². The van der Waals surface area contributed by atoms with Crippen LogP contribution in [0.5, 0.6) is 0 Å². The van der Waals surface area contributed by atoms with Gasteiger partial charge in [-0.2, -0.15) is 0 Å². The number of hydrogen-bond acceptors (Lipinski definition) is 4. The highest BCUT2D eigenvalue weighted by molar-refractivity contribution is 5.76. The van der Waals surface area contributed by atoms with Crippen molar-refractivity contribution in [3.8, 4) is 0 Å². The number of fused-ring (bicyclic) bond motifs is 1. The first kappa shape index (κ1) is 11.7. The first-order valence-corrected chi connectivity index (χ1v) is 6.36. The van der Waals surface area contributed by atoms with Gasteiger partial charge < -0.3 is 14.9 Å². The fraction of sp³-hybridized carbons (Fsp3) is 0.308. The molecule has 0 unspecified atom stereocenters. The summed E-state index contributed by atoms with van der Waals surface area (Å²) >= 11 is 0. The van der Waals surface area contributed by atoms with Crippen molar-refractivity contribution in [2.45, 2.75) is 25.9 Å². The van der Waals surface area contributed by atoms with Crippen LogP contribution >= 0.6 is 0 Å². The molecule has 3 heterocycles. The molecule has 2 N–H and O–H groups in total. The van der Waals surface area contributed by atoms with E-state index in [9.17, 15) is 0 Å². The van der Waals surface area contributed by atoms with Gasteiger partial charge in [-0.1, -0.05) is 0 Å². The molecule has 6 heteroatoms. The van der Waals surface area contributed by atoms with Gasteiger partial charge in [-0.15, -0.1) is 0 Å². The second kappa shape index (κ2) is 5.09. The van der Waals surface area contributed by atoms with Crippen molar-refractivity contribution in [3.05, 3.63) is 37.2 Å². The predicted octanol–water partition coefficient (Wildman–Crippen LogP) is 1.69. The standard InChI is InChI=1S/C13H16N6/c14-13-17-11-9-15-4-3-12(11)19(13)7-2-1-6-18-8-5-16-10-18/h3-5,8-10H,1-2,6-7H2,(H2,14,17). The van der Waals surface area contributed by atoms with Gasteiger partial charge in [0.1, 0.15) is 5.52 Å². The van der Waals surface area contributed by atoms with Crippen LogP contribution in [0.25, 0.3) is 11.0 Å². The number of unbranched alkanes of at least 4 members (excludes halogenated alkanes) is 1. The quantitative estimate of drug-likeness (QED) is 0.705. The summed E-state index contributed by atoms with van der Waals surface area (Å²) < 4.78 is 4.13. The highest BCUT2D eigenvalue weighted by Crippen LogP contribution is 2.17. The van der Waals surface area contributed by atoms with Crippen LogP contribution in [0.3, 0.4) is 0 Å². The van der Waals surface area contributed by atoms with E-state index >= 15 is 0 Å². The third kappa shape index (κ3) is 2.42. The average Bonchev–Trinajstić information content (AvgIpc) is 3.02. The van der Waals surface area contributed by atoms with Gasteiger partial charge >= 0.3 is 0 Å². The van der Waals surface area contributed by atoms with E-state index in [0.29, 0.717) is 5.95 Å². The van der Waals surface area contributed by atoms with Gasteiger partial charge in [0.2, 0.25) is 5.95 Å². The predicted molar refractivity (Wildman–Crippen MR) is 73.4 cm³/mol. The Labute approximate surface area is 110 Å². The molecule has 0 saturated heterocycles. The molecule has 3 aromatic rings. The number of rotatable bonds is 5. The lowest BCUT2D eigenvalue weighted by Gasteiger charge is -2.06. The van der Waals surface area contributed by atoms with Crippen molar-refractivity contribution in [3.63, 3.8) is 0 Å². The van der Waals surface area contributed by atoms with Crippen LogP contribution in [0.1, 0.15) is 12.8 Å². The van der Waals surface area contributed by atoms with Gasteiger partial charge in [0.15, 0.2) is 0 Å². The molecule has 0 aliphatic heterocycles. The lowest BCUT2D eigenvalue weighted by molar-refractivity contribution is 0.562. The Morgan fingerprint density at radius 2 is 2.00 bits per heavy atom.